The van der Waals surface area contributed by atoms with Crippen molar-refractivity contribution in [3.63, 3.8) is 0 Å². The molecule has 0 heterocycles. The number of hydrogen-bond acceptors (Lipinski definition) is 2. The first kappa shape index (κ1) is 11.5. The van der Waals surface area contributed by atoms with Crippen LogP contribution in [0.2, 0.25) is 0 Å². The Bertz CT molecular complexity index is 374. The molecule has 2 heteroatoms. The van der Waals surface area contributed by atoms with Crippen LogP contribution in [0, 0.1) is 17.3 Å². The fraction of sp³-hybridized carbons (Fsp3) is 0.571. The van der Waals surface area contributed by atoms with E-state index in [1.54, 1.807) is 0 Å². The summed E-state index contributed by atoms with van der Waals surface area (Å²) in [7, 11) is 0. The second-order valence-corrected chi connectivity index (χ2v) is 5.48. The van der Waals surface area contributed by atoms with Crippen molar-refractivity contribution in [2.75, 3.05) is 0 Å². The molecule has 0 saturated carbocycles. The fourth-order valence-corrected chi connectivity index (χ4v) is 2.88. The normalized spacial score (nSPS) is 37.1. The van der Waals surface area contributed by atoms with Crippen LogP contribution in [0.3, 0.4) is 0 Å². The Kier molecular flexibility index (Phi) is 2.70. The molecule has 0 radical (unpaired) electrons. The molecule has 2 rings (SSSR count). The zero-order chi connectivity index (χ0) is 11.9. The molecule has 88 valence electrons. The maximum atomic E-state index is 10.2. The van der Waals surface area contributed by atoms with Crippen LogP contribution in [0.5, 0.6) is 0 Å². The summed E-state index contributed by atoms with van der Waals surface area (Å²) in [5.41, 5.74) is 0.796. The Hall–Kier alpha value is -1.02. The summed E-state index contributed by atoms with van der Waals surface area (Å²) >= 11 is 0. The van der Waals surface area contributed by atoms with Crippen LogP contribution in [0.1, 0.15) is 27.2 Å². The van der Waals surface area contributed by atoms with Crippen molar-refractivity contribution in [1.29, 1.82) is 0 Å². The van der Waals surface area contributed by atoms with Gasteiger partial charge in [0.1, 0.15) is 0 Å². The molecule has 2 nitrogen and oxygen atoms in total. The van der Waals surface area contributed by atoms with Gasteiger partial charge in [0.05, 0.1) is 11.9 Å². The lowest BCUT2D eigenvalue weighted by molar-refractivity contribution is 0.0598. The second-order valence-electron chi connectivity index (χ2n) is 5.48. The molecular formula is C14H20O2. The summed E-state index contributed by atoms with van der Waals surface area (Å²) in [6.07, 6.45) is 8.15. The fourth-order valence-electron chi connectivity index (χ4n) is 2.88. The lowest BCUT2D eigenvalue weighted by Crippen LogP contribution is -2.36. The third-order valence-corrected chi connectivity index (χ3v) is 4.12. The Morgan fingerprint density at radius 2 is 2.00 bits per heavy atom. The molecule has 0 aromatic rings. The molecule has 3 atom stereocenters. The van der Waals surface area contributed by atoms with Crippen molar-refractivity contribution in [3.05, 3.63) is 35.6 Å². The van der Waals surface area contributed by atoms with Crippen molar-refractivity contribution in [3.8, 4) is 0 Å². The van der Waals surface area contributed by atoms with Crippen molar-refractivity contribution in [2.24, 2.45) is 17.3 Å². The molecule has 2 aliphatic carbocycles. The van der Waals surface area contributed by atoms with E-state index in [1.807, 2.05) is 31.2 Å². The zero-order valence-electron chi connectivity index (χ0n) is 10.1. The van der Waals surface area contributed by atoms with E-state index in [4.69, 9.17) is 0 Å². The van der Waals surface area contributed by atoms with Crippen molar-refractivity contribution in [2.45, 2.75) is 33.3 Å². The van der Waals surface area contributed by atoms with Gasteiger partial charge in [-0.2, -0.15) is 0 Å². The van der Waals surface area contributed by atoms with Crippen molar-refractivity contribution < 1.29 is 10.2 Å². The van der Waals surface area contributed by atoms with E-state index in [0.717, 1.165) is 12.0 Å². The molecule has 0 fully saturated rings. The van der Waals surface area contributed by atoms with Crippen LogP contribution in [-0.2, 0) is 0 Å². The van der Waals surface area contributed by atoms with E-state index >= 15 is 0 Å². The Morgan fingerprint density at radius 1 is 1.31 bits per heavy atom. The molecule has 0 amide bonds. The topological polar surface area (TPSA) is 40.5 Å². The van der Waals surface area contributed by atoms with Crippen LogP contribution in [-0.4, -0.2) is 16.3 Å². The van der Waals surface area contributed by atoms with E-state index < -0.39 is 6.10 Å². The predicted molar refractivity (Wildman–Crippen MR) is 65.0 cm³/mol. The van der Waals surface area contributed by atoms with Crippen LogP contribution >= 0.6 is 0 Å². The predicted octanol–water partition coefficient (Wildman–Crippen LogP) is 2.97. The van der Waals surface area contributed by atoms with Gasteiger partial charge in [-0.25, -0.2) is 0 Å². The quantitative estimate of drug-likeness (QED) is 0.616. The van der Waals surface area contributed by atoms with Gasteiger partial charge in [-0.15, -0.1) is 0 Å². The first-order chi connectivity index (χ1) is 7.44. The molecule has 2 N–H and O–H groups in total. The number of hydrogen-bond donors (Lipinski definition) is 2. The summed E-state index contributed by atoms with van der Waals surface area (Å²) < 4.78 is 0. The Morgan fingerprint density at radius 3 is 2.69 bits per heavy atom. The largest absolute Gasteiger partial charge is 0.512 e. The molecule has 0 spiro atoms. The van der Waals surface area contributed by atoms with Crippen LogP contribution in [0.25, 0.3) is 0 Å². The van der Waals surface area contributed by atoms with Gasteiger partial charge in [0.15, 0.2) is 0 Å². The van der Waals surface area contributed by atoms with Gasteiger partial charge >= 0.3 is 0 Å². The van der Waals surface area contributed by atoms with Gasteiger partial charge in [-0.1, -0.05) is 38.2 Å². The van der Waals surface area contributed by atoms with E-state index in [-0.39, 0.29) is 17.3 Å². The molecule has 2 aliphatic rings. The Balaban J connectivity index is 2.53. The highest BCUT2D eigenvalue weighted by Gasteiger charge is 2.43. The molecule has 0 unspecified atom stereocenters. The Labute approximate surface area is 97.0 Å². The maximum Gasteiger partial charge on any atom is 0.0991 e. The zero-order valence-corrected chi connectivity index (χ0v) is 10.1. The standard InChI is InChI=1S/C14H20O2/c1-9-7-8-10-12(15)6-4-5-11(13(9)16)14(10,2)3/h4,6-8,10-12,15-16H,5H2,1-3H3/t10-,11-,12-/m0/s1. The number of aliphatic hydroxyl groups excluding tert-OH is 2. The van der Waals surface area contributed by atoms with Crippen molar-refractivity contribution in [1.82, 2.24) is 0 Å². The SMILES string of the molecule is CC1=C(O)[C@@H]2CC=C[C@H](O)[C@H](C=C1)C2(C)C. The van der Waals surface area contributed by atoms with Gasteiger partial charge in [-0.3, -0.25) is 0 Å². The summed E-state index contributed by atoms with van der Waals surface area (Å²) in [4.78, 5) is 0. The lowest BCUT2D eigenvalue weighted by atomic mass is 9.67. The van der Waals surface area contributed by atoms with Gasteiger partial charge in [-0.05, 0) is 24.3 Å². The lowest BCUT2D eigenvalue weighted by Gasteiger charge is -2.38. The summed E-state index contributed by atoms with van der Waals surface area (Å²) in [5, 5.41) is 20.3. The third-order valence-electron chi connectivity index (χ3n) is 4.12. The monoisotopic (exact) mass is 220 g/mol. The number of fused-ring (bicyclic) bond motifs is 2. The third kappa shape index (κ3) is 1.61. The van der Waals surface area contributed by atoms with E-state index in [2.05, 4.69) is 13.8 Å². The first-order valence-corrected chi connectivity index (χ1v) is 5.87. The average Bonchev–Trinajstić information content (AvgIpc) is 2.36. The first-order valence-electron chi connectivity index (χ1n) is 5.87. The molecule has 0 aromatic carbocycles. The molecule has 0 aliphatic heterocycles. The van der Waals surface area contributed by atoms with Crippen LogP contribution in [0.4, 0.5) is 0 Å². The maximum absolute atomic E-state index is 10.2. The van der Waals surface area contributed by atoms with Crippen LogP contribution < -0.4 is 0 Å². The van der Waals surface area contributed by atoms with E-state index in [1.165, 1.54) is 0 Å². The molecule has 16 heavy (non-hydrogen) atoms. The number of rotatable bonds is 0. The second kappa shape index (κ2) is 3.77. The summed E-state index contributed by atoms with van der Waals surface area (Å²) in [6.45, 7) is 6.17. The van der Waals surface area contributed by atoms with Crippen LogP contribution in [0.15, 0.2) is 35.6 Å². The van der Waals surface area contributed by atoms with E-state index in [9.17, 15) is 10.2 Å². The molecule has 0 saturated heterocycles. The van der Waals surface area contributed by atoms with Gasteiger partial charge in [0, 0.05) is 11.8 Å². The minimum atomic E-state index is -0.449. The summed E-state index contributed by atoms with van der Waals surface area (Å²) in [5.74, 6) is 0.638. The summed E-state index contributed by atoms with van der Waals surface area (Å²) in [6, 6.07) is 0. The number of aliphatic hydroxyl groups is 2. The smallest absolute Gasteiger partial charge is 0.0991 e. The highest BCUT2D eigenvalue weighted by Crippen LogP contribution is 2.47. The number of allylic oxidation sites excluding steroid dienone is 4. The highest BCUT2D eigenvalue weighted by molar-refractivity contribution is 5.29. The molecule has 2 bridgehead atoms. The van der Waals surface area contributed by atoms with Crippen molar-refractivity contribution >= 4 is 0 Å². The minimum Gasteiger partial charge on any atom is -0.512 e. The van der Waals surface area contributed by atoms with Gasteiger partial charge in [0.2, 0.25) is 0 Å². The van der Waals surface area contributed by atoms with Gasteiger partial charge in [0.25, 0.3) is 0 Å². The molecule has 0 aromatic heterocycles. The van der Waals surface area contributed by atoms with E-state index in [0.29, 0.717) is 5.76 Å². The minimum absolute atomic E-state index is 0.0656. The highest BCUT2D eigenvalue weighted by atomic mass is 16.3. The van der Waals surface area contributed by atoms with Gasteiger partial charge < -0.3 is 10.2 Å². The average molecular weight is 220 g/mol. The molecular weight excluding hydrogens is 200 g/mol.